The van der Waals surface area contributed by atoms with Crippen LogP contribution in [0, 0.1) is 0 Å². The van der Waals surface area contributed by atoms with Crippen LogP contribution in [0.1, 0.15) is 213 Å². The summed E-state index contributed by atoms with van der Waals surface area (Å²) >= 11 is 0. The minimum Gasteiger partial charge on any atom is -0.393 e. The number of amides is 1. The summed E-state index contributed by atoms with van der Waals surface area (Å²) in [6.45, 7) is 4.65. The molecule has 4 atom stereocenters. The van der Waals surface area contributed by atoms with Gasteiger partial charge in [-0.3, -0.25) is 13.8 Å². The number of carbonyl (C=O) groups is 1. The lowest BCUT2D eigenvalue weighted by atomic mass is 10.0. The van der Waals surface area contributed by atoms with Gasteiger partial charge < -0.3 is 24.9 Å². The minimum absolute atomic E-state index is 0.0272. The van der Waals surface area contributed by atoms with Crippen LogP contribution in [0.3, 0.4) is 0 Å². The fourth-order valence-corrected chi connectivity index (χ4v) is 7.64. The van der Waals surface area contributed by atoms with Crippen LogP contribution >= 0.6 is 7.82 Å². The van der Waals surface area contributed by atoms with Gasteiger partial charge in [0.1, 0.15) is 13.2 Å². The van der Waals surface area contributed by atoms with Gasteiger partial charge in [0.2, 0.25) is 5.91 Å². The Morgan fingerprint density at radius 1 is 0.614 bits per heavy atom. The van der Waals surface area contributed by atoms with Gasteiger partial charge in [0.25, 0.3) is 0 Å². The van der Waals surface area contributed by atoms with Gasteiger partial charge in [0.15, 0.2) is 0 Å². The first kappa shape index (κ1) is 55.9. The van der Waals surface area contributed by atoms with Crippen LogP contribution < -0.4 is 5.32 Å². The first-order valence-electron chi connectivity index (χ1n) is 23.8. The lowest BCUT2D eigenvalue weighted by Crippen LogP contribution is -2.46. The largest absolute Gasteiger partial charge is 0.472 e. The molecule has 0 spiro atoms. The maximum Gasteiger partial charge on any atom is 0.472 e. The average molecular weight is 830 g/mol. The van der Waals surface area contributed by atoms with Crippen molar-refractivity contribution < 1.29 is 38.0 Å². The molecule has 0 aromatic heterocycles. The molecular weight excluding hydrogens is 735 g/mol. The van der Waals surface area contributed by atoms with Crippen molar-refractivity contribution in [3.63, 3.8) is 0 Å². The fourth-order valence-electron chi connectivity index (χ4n) is 6.90. The topological polar surface area (TPSA) is 125 Å². The molecule has 0 aromatic rings. The lowest BCUT2D eigenvalue weighted by Gasteiger charge is -2.25. The lowest BCUT2D eigenvalue weighted by molar-refractivity contribution is -0.870. The molecule has 9 nitrogen and oxygen atoms in total. The molecule has 57 heavy (non-hydrogen) atoms. The molecule has 0 aliphatic carbocycles. The standard InChI is InChI=1S/C47H93N2O7P/c1-6-8-10-12-14-16-18-20-21-22-23-24-25-27-28-30-32-34-36-38-44(50)42-47(52)48-45(43-56-57(53,54)55-41-40-49(3,4)5)46(51)39-37-35-33-31-29-26-19-17-15-13-11-9-7-2/h20-21,37,39,44-46,50-51H,6-19,22-36,38,40-43H2,1-5H3,(H-,48,52,53,54)/p+1/b21-20-,39-37+/t44?,45-,46+/m0/s1. The number of hydrogen-bond donors (Lipinski definition) is 4. The van der Waals surface area contributed by atoms with E-state index in [4.69, 9.17) is 9.05 Å². The number of likely N-dealkylation sites (N-methyl/N-ethyl adjacent to an activating group) is 1. The maximum atomic E-state index is 12.9. The van der Waals surface area contributed by atoms with Gasteiger partial charge in [0, 0.05) is 0 Å². The summed E-state index contributed by atoms with van der Waals surface area (Å²) in [5.41, 5.74) is 0. The van der Waals surface area contributed by atoms with E-state index in [2.05, 4.69) is 31.3 Å². The molecule has 0 saturated heterocycles. The first-order chi connectivity index (χ1) is 27.4. The number of aliphatic hydroxyl groups is 2. The number of unbranched alkanes of at least 4 members (excludes halogenated alkanes) is 26. The quantitative estimate of drug-likeness (QED) is 0.0209. The van der Waals surface area contributed by atoms with Crippen LogP contribution in [-0.4, -0.2) is 84.6 Å². The van der Waals surface area contributed by atoms with Crippen LogP contribution in [0.15, 0.2) is 24.3 Å². The van der Waals surface area contributed by atoms with Crippen LogP contribution in [-0.2, 0) is 18.4 Å². The number of nitrogens with one attached hydrogen (secondary N) is 1. The van der Waals surface area contributed by atoms with Crippen LogP contribution in [0.25, 0.3) is 0 Å². The third-order valence-corrected chi connectivity index (χ3v) is 11.7. The summed E-state index contributed by atoms with van der Waals surface area (Å²) in [7, 11) is 1.46. The van der Waals surface area contributed by atoms with Crippen molar-refractivity contribution in [2.24, 2.45) is 0 Å². The molecule has 0 aliphatic heterocycles. The van der Waals surface area contributed by atoms with Gasteiger partial charge in [0.05, 0.1) is 52.4 Å². The summed E-state index contributed by atoms with van der Waals surface area (Å²) in [6.07, 6.45) is 42.8. The zero-order valence-corrected chi connectivity index (χ0v) is 38.8. The highest BCUT2D eigenvalue weighted by Gasteiger charge is 2.28. The number of phosphoric ester groups is 1. The van der Waals surface area contributed by atoms with Gasteiger partial charge in [-0.15, -0.1) is 0 Å². The number of aliphatic hydroxyl groups excluding tert-OH is 2. The van der Waals surface area contributed by atoms with Crippen LogP contribution in [0.4, 0.5) is 0 Å². The van der Waals surface area contributed by atoms with Crippen molar-refractivity contribution in [1.29, 1.82) is 0 Å². The molecule has 0 radical (unpaired) electrons. The Hall–Kier alpha value is -1.06. The molecule has 0 saturated carbocycles. The van der Waals surface area contributed by atoms with Crippen molar-refractivity contribution in [2.45, 2.75) is 231 Å². The van der Waals surface area contributed by atoms with Crippen molar-refractivity contribution in [2.75, 3.05) is 40.9 Å². The van der Waals surface area contributed by atoms with Crippen LogP contribution in [0.2, 0.25) is 0 Å². The normalized spacial score (nSPS) is 15.0. The van der Waals surface area contributed by atoms with Crippen molar-refractivity contribution in [3.05, 3.63) is 24.3 Å². The van der Waals surface area contributed by atoms with E-state index in [0.717, 1.165) is 38.5 Å². The zero-order valence-electron chi connectivity index (χ0n) is 38.0. The Morgan fingerprint density at radius 2 is 1.02 bits per heavy atom. The molecule has 0 aliphatic rings. The predicted molar refractivity (Wildman–Crippen MR) is 241 cm³/mol. The van der Waals surface area contributed by atoms with E-state index in [1.807, 2.05) is 27.2 Å². The van der Waals surface area contributed by atoms with Crippen molar-refractivity contribution >= 4 is 13.7 Å². The Labute approximate surface area is 352 Å². The van der Waals surface area contributed by atoms with E-state index in [-0.39, 0.29) is 13.0 Å². The van der Waals surface area contributed by atoms with Gasteiger partial charge in [-0.2, -0.15) is 0 Å². The predicted octanol–water partition coefficient (Wildman–Crippen LogP) is 12.3. The Kier molecular flexibility index (Phi) is 38.4. The van der Waals surface area contributed by atoms with E-state index in [9.17, 15) is 24.5 Å². The summed E-state index contributed by atoms with van der Waals surface area (Å²) < 4.78 is 23.5. The average Bonchev–Trinajstić information content (AvgIpc) is 3.15. The number of rotatable bonds is 43. The molecular formula is C47H94N2O7P+. The van der Waals surface area contributed by atoms with Crippen LogP contribution in [0.5, 0.6) is 0 Å². The molecule has 0 aromatic carbocycles. The monoisotopic (exact) mass is 830 g/mol. The van der Waals surface area contributed by atoms with Crippen molar-refractivity contribution in [3.8, 4) is 0 Å². The summed E-state index contributed by atoms with van der Waals surface area (Å²) in [5, 5.41) is 24.3. The van der Waals surface area contributed by atoms with E-state index >= 15 is 0 Å². The van der Waals surface area contributed by atoms with Gasteiger partial charge in [-0.25, -0.2) is 4.57 Å². The zero-order chi connectivity index (χ0) is 42.3. The van der Waals surface area contributed by atoms with Gasteiger partial charge >= 0.3 is 7.82 Å². The number of carbonyl (C=O) groups excluding carboxylic acids is 1. The molecule has 2 unspecified atom stereocenters. The second-order valence-electron chi connectivity index (χ2n) is 17.7. The summed E-state index contributed by atoms with van der Waals surface area (Å²) in [5.74, 6) is -0.430. The highest BCUT2D eigenvalue weighted by atomic mass is 31.2. The third-order valence-electron chi connectivity index (χ3n) is 10.7. The van der Waals surface area contributed by atoms with E-state index in [0.29, 0.717) is 17.4 Å². The number of phosphoric acid groups is 1. The number of nitrogens with zero attached hydrogens (tertiary/aromatic N) is 1. The highest BCUT2D eigenvalue weighted by Crippen LogP contribution is 2.43. The van der Waals surface area contributed by atoms with E-state index in [1.165, 1.54) is 148 Å². The molecule has 0 rings (SSSR count). The molecule has 0 bridgehead atoms. The molecule has 338 valence electrons. The Morgan fingerprint density at radius 3 is 1.46 bits per heavy atom. The van der Waals surface area contributed by atoms with Gasteiger partial charge in [-0.1, -0.05) is 186 Å². The second kappa shape index (κ2) is 39.1. The molecule has 0 heterocycles. The maximum absolute atomic E-state index is 12.9. The third kappa shape index (κ3) is 41.5. The number of allylic oxidation sites excluding steroid dienone is 3. The summed E-state index contributed by atoms with van der Waals surface area (Å²) in [6, 6.07) is -0.966. The fraction of sp³-hybridized carbons (Fsp3) is 0.894. The molecule has 10 heteroatoms. The van der Waals surface area contributed by atoms with Gasteiger partial charge in [-0.05, 0) is 44.9 Å². The van der Waals surface area contributed by atoms with Crippen molar-refractivity contribution in [1.82, 2.24) is 5.32 Å². The molecule has 0 fully saturated rings. The first-order valence-corrected chi connectivity index (χ1v) is 25.3. The SMILES string of the molecule is CCCCCCCC/C=C\CCCCCCCCCCCC(O)CC(=O)N[C@@H](COP(=O)(O)OCC[N+](C)(C)C)[C@H](O)/C=C/CCCCCCCCCCCCC. The second-order valence-corrected chi connectivity index (χ2v) is 19.1. The Bertz CT molecular complexity index is 1000. The number of hydrogen-bond acceptors (Lipinski definition) is 6. The Balaban J connectivity index is 4.42. The van der Waals surface area contributed by atoms with E-state index in [1.54, 1.807) is 6.08 Å². The van der Waals surface area contributed by atoms with E-state index < -0.39 is 38.6 Å². The molecule has 1 amide bonds. The minimum atomic E-state index is -4.40. The molecule has 4 N–H and O–H groups in total. The highest BCUT2D eigenvalue weighted by molar-refractivity contribution is 7.47. The smallest absolute Gasteiger partial charge is 0.393 e. The summed E-state index contributed by atoms with van der Waals surface area (Å²) in [4.78, 5) is 23.2. The number of quaternary nitrogens is 1.